The summed E-state index contributed by atoms with van der Waals surface area (Å²) in [4.78, 5) is 24.1. The Hall–Kier alpha value is -1.40. The van der Waals surface area contributed by atoms with Gasteiger partial charge in [0, 0.05) is 16.6 Å². The fourth-order valence-corrected chi connectivity index (χ4v) is 2.36. The summed E-state index contributed by atoms with van der Waals surface area (Å²) in [5.74, 6) is -0.959. The van der Waals surface area contributed by atoms with Crippen LogP contribution in [-0.2, 0) is 14.3 Å². The van der Waals surface area contributed by atoms with Crippen molar-refractivity contribution in [3.05, 3.63) is 28.7 Å². The van der Waals surface area contributed by atoms with Crippen LogP contribution in [-0.4, -0.2) is 36.2 Å². The summed E-state index contributed by atoms with van der Waals surface area (Å²) in [5, 5.41) is 8.67. The molecule has 0 saturated carbocycles. The topological polar surface area (TPSA) is 66.8 Å². The molecular formula is C13H14BrNO4. The summed E-state index contributed by atoms with van der Waals surface area (Å²) in [6, 6.07) is 7.45. The van der Waals surface area contributed by atoms with Crippen LogP contribution in [0.25, 0.3) is 0 Å². The van der Waals surface area contributed by atoms with Crippen LogP contribution in [0, 0.1) is 0 Å². The van der Waals surface area contributed by atoms with E-state index in [-0.39, 0.29) is 25.0 Å². The molecule has 5 nitrogen and oxygen atoms in total. The van der Waals surface area contributed by atoms with Gasteiger partial charge in [-0.2, -0.15) is 0 Å². The van der Waals surface area contributed by atoms with Gasteiger partial charge in [-0.15, -0.1) is 0 Å². The zero-order valence-corrected chi connectivity index (χ0v) is 11.8. The number of carbonyl (C=O) groups is 2. The first-order chi connectivity index (χ1) is 9.06. The van der Waals surface area contributed by atoms with Gasteiger partial charge in [0.05, 0.1) is 12.6 Å². The molecule has 1 aliphatic rings. The lowest BCUT2D eigenvalue weighted by Crippen LogP contribution is -2.46. The Labute approximate surface area is 119 Å². The van der Waals surface area contributed by atoms with Crippen molar-refractivity contribution in [3.63, 3.8) is 0 Å². The number of morpholine rings is 1. The van der Waals surface area contributed by atoms with Crippen LogP contribution in [0.3, 0.4) is 0 Å². The van der Waals surface area contributed by atoms with E-state index in [0.29, 0.717) is 13.0 Å². The lowest BCUT2D eigenvalue weighted by Gasteiger charge is -2.32. The quantitative estimate of drug-likeness (QED) is 0.919. The number of amides is 1. The third-order valence-corrected chi connectivity index (χ3v) is 3.42. The molecule has 19 heavy (non-hydrogen) atoms. The fourth-order valence-electron chi connectivity index (χ4n) is 1.98. The van der Waals surface area contributed by atoms with E-state index in [0.717, 1.165) is 10.2 Å². The number of nitrogens with zero attached hydrogens (tertiary/aromatic N) is 1. The van der Waals surface area contributed by atoms with E-state index in [1.165, 1.54) is 0 Å². The van der Waals surface area contributed by atoms with E-state index in [2.05, 4.69) is 15.9 Å². The first-order valence-corrected chi connectivity index (χ1v) is 6.75. The second-order valence-corrected chi connectivity index (χ2v) is 5.27. The molecule has 1 saturated heterocycles. The van der Waals surface area contributed by atoms with Crippen molar-refractivity contribution in [2.24, 2.45) is 0 Å². The second-order valence-electron chi connectivity index (χ2n) is 4.35. The highest BCUT2D eigenvalue weighted by atomic mass is 79.9. The number of rotatable bonds is 4. The Kier molecular flexibility index (Phi) is 4.55. The Morgan fingerprint density at radius 2 is 2.32 bits per heavy atom. The molecule has 1 aromatic rings. The van der Waals surface area contributed by atoms with Gasteiger partial charge in [-0.1, -0.05) is 22.0 Å². The monoisotopic (exact) mass is 327 g/mol. The van der Waals surface area contributed by atoms with Crippen molar-refractivity contribution < 1.29 is 19.4 Å². The standard InChI is InChI=1S/C13H14BrNO4/c14-9-2-1-3-10(6-9)15-7-11(4-5-13(17)18)19-8-12(15)16/h1-3,6,11H,4-5,7-8H2,(H,17,18). The molecule has 1 fully saturated rings. The van der Waals surface area contributed by atoms with Gasteiger partial charge in [-0.3, -0.25) is 9.59 Å². The molecule has 1 amide bonds. The van der Waals surface area contributed by atoms with E-state index in [1.807, 2.05) is 24.3 Å². The van der Waals surface area contributed by atoms with Crippen LogP contribution >= 0.6 is 15.9 Å². The number of hydrogen-bond acceptors (Lipinski definition) is 3. The number of ether oxygens (including phenoxy) is 1. The van der Waals surface area contributed by atoms with E-state index < -0.39 is 5.97 Å². The maximum absolute atomic E-state index is 11.9. The minimum Gasteiger partial charge on any atom is -0.481 e. The van der Waals surface area contributed by atoms with Crippen LogP contribution < -0.4 is 4.90 Å². The van der Waals surface area contributed by atoms with Crippen molar-refractivity contribution in [3.8, 4) is 0 Å². The summed E-state index contributed by atoms with van der Waals surface area (Å²) >= 11 is 3.37. The zero-order valence-electron chi connectivity index (χ0n) is 10.2. The maximum atomic E-state index is 11.9. The minimum absolute atomic E-state index is 0.00318. The number of carboxylic acid groups (broad SMARTS) is 1. The van der Waals surface area contributed by atoms with E-state index in [9.17, 15) is 9.59 Å². The van der Waals surface area contributed by atoms with Gasteiger partial charge in [-0.05, 0) is 24.6 Å². The van der Waals surface area contributed by atoms with E-state index in [4.69, 9.17) is 9.84 Å². The predicted octanol–water partition coefficient (Wildman–Crippen LogP) is 2.05. The number of carbonyl (C=O) groups excluding carboxylic acids is 1. The molecular weight excluding hydrogens is 314 g/mol. The molecule has 2 rings (SSSR count). The maximum Gasteiger partial charge on any atom is 0.303 e. The molecule has 102 valence electrons. The molecule has 0 radical (unpaired) electrons. The predicted molar refractivity (Wildman–Crippen MR) is 73.1 cm³/mol. The van der Waals surface area contributed by atoms with Gasteiger partial charge < -0.3 is 14.7 Å². The fraction of sp³-hybridized carbons (Fsp3) is 0.385. The summed E-state index contributed by atoms with van der Waals surface area (Å²) in [5.41, 5.74) is 0.794. The zero-order chi connectivity index (χ0) is 13.8. The number of hydrogen-bond donors (Lipinski definition) is 1. The van der Waals surface area contributed by atoms with Crippen molar-refractivity contribution in [2.45, 2.75) is 18.9 Å². The highest BCUT2D eigenvalue weighted by Crippen LogP contribution is 2.23. The number of anilines is 1. The molecule has 0 spiro atoms. The van der Waals surface area contributed by atoms with Crippen LogP contribution in [0.4, 0.5) is 5.69 Å². The van der Waals surface area contributed by atoms with Crippen molar-refractivity contribution in [1.29, 1.82) is 0 Å². The molecule has 6 heteroatoms. The average molecular weight is 328 g/mol. The second kappa shape index (κ2) is 6.16. The average Bonchev–Trinajstić information content (AvgIpc) is 2.37. The number of carboxylic acids is 1. The van der Waals surface area contributed by atoms with Crippen molar-refractivity contribution >= 4 is 33.5 Å². The number of halogens is 1. The van der Waals surface area contributed by atoms with Crippen LogP contribution in [0.2, 0.25) is 0 Å². The SMILES string of the molecule is O=C(O)CCC1CN(c2cccc(Br)c2)C(=O)CO1. The third kappa shape index (κ3) is 3.78. The minimum atomic E-state index is -0.852. The molecule has 1 aliphatic heterocycles. The molecule has 0 aromatic heterocycles. The Morgan fingerprint density at radius 3 is 3.00 bits per heavy atom. The Morgan fingerprint density at radius 1 is 1.53 bits per heavy atom. The highest BCUT2D eigenvalue weighted by molar-refractivity contribution is 9.10. The molecule has 1 aromatic carbocycles. The van der Waals surface area contributed by atoms with Gasteiger partial charge in [0.1, 0.15) is 6.61 Å². The third-order valence-electron chi connectivity index (χ3n) is 2.93. The number of aliphatic carboxylic acids is 1. The van der Waals surface area contributed by atoms with Gasteiger partial charge in [0.25, 0.3) is 5.91 Å². The van der Waals surface area contributed by atoms with Gasteiger partial charge in [-0.25, -0.2) is 0 Å². The first kappa shape index (κ1) is 14.0. The lowest BCUT2D eigenvalue weighted by molar-refractivity contribution is -0.138. The van der Waals surface area contributed by atoms with Crippen molar-refractivity contribution in [1.82, 2.24) is 0 Å². The molecule has 1 heterocycles. The molecule has 0 bridgehead atoms. The molecule has 1 atom stereocenters. The molecule has 0 aliphatic carbocycles. The lowest BCUT2D eigenvalue weighted by atomic mass is 10.1. The summed E-state index contributed by atoms with van der Waals surface area (Å²) in [6.45, 7) is 0.388. The number of benzene rings is 1. The highest BCUT2D eigenvalue weighted by Gasteiger charge is 2.27. The molecule has 1 N–H and O–H groups in total. The molecule has 1 unspecified atom stereocenters. The van der Waals surface area contributed by atoms with E-state index >= 15 is 0 Å². The normalized spacial score (nSPS) is 19.5. The summed E-state index contributed by atoms with van der Waals surface area (Å²) in [7, 11) is 0. The van der Waals surface area contributed by atoms with Crippen LogP contribution in [0.15, 0.2) is 28.7 Å². The summed E-state index contributed by atoms with van der Waals surface area (Å²) < 4.78 is 6.25. The largest absolute Gasteiger partial charge is 0.481 e. The Balaban J connectivity index is 2.06. The Bertz CT molecular complexity index is 491. The van der Waals surface area contributed by atoms with Crippen LogP contribution in [0.1, 0.15) is 12.8 Å². The van der Waals surface area contributed by atoms with Crippen LogP contribution in [0.5, 0.6) is 0 Å². The van der Waals surface area contributed by atoms with Gasteiger partial charge in [0.2, 0.25) is 0 Å². The summed E-state index contributed by atoms with van der Waals surface area (Å²) in [6.07, 6.45) is 0.228. The van der Waals surface area contributed by atoms with E-state index in [1.54, 1.807) is 4.90 Å². The van der Waals surface area contributed by atoms with Gasteiger partial charge in [0.15, 0.2) is 0 Å². The smallest absolute Gasteiger partial charge is 0.303 e. The first-order valence-electron chi connectivity index (χ1n) is 5.95. The van der Waals surface area contributed by atoms with Crippen molar-refractivity contribution in [2.75, 3.05) is 18.1 Å². The van der Waals surface area contributed by atoms with Gasteiger partial charge >= 0.3 is 5.97 Å².